The van der Waals surface area contributed by atoms with Crippen LogP contribution < -0.4 is 5.32 Å². The molecule has 1 atom stereocenters. The van der Waals surface area contributed by atoms with Crippen LogP contribution in [0.2, 0.25) is 0 Å². The van der Waals surface area contributed by atoms with Gasteiger partial charge in [0.2, 0.25) is 0 Å². The third-order valence-electron chi connectivity index (χ3n) is 2.94. The van der Waals surface area contributed by atoms with Crippen molar-refractivity contribution in [1.29, 1.82) is 5.26 Å². The van der Waals surface area contributed by atoms with Crippen LogP contribution >= 0.6 is 0 Å². The number of aliphatic carboxylic acids is 1. The minimum absolute atomic E-state index is 0.0466. The number of rotatable bonds is 6. The number of carboxylic acids is 1. The zero-order chi connectivity index (χ0) is 15.8. The van der Waals surface area contributed by atoms with Crippen LogP contribution in [0.5, 0.6) is 0 Å². The SMILES string of the molecule is CCN(CC(C)C#N)C(=O)Nc1ccc(CC(=O)O)cc1. The van der Waals surface area contributed by atoms with E-state index < -0.39 is 5.97 Å². The number of carbonyl (C=O) groups is 2. The molecule has 6 heteroatoms. The lowest BCUT2D eigenvalue weighted by atomic mass is 10.1. The largest absolute Gasteiger partial charge is 0.481 e. The van der Waals surface area contributed by atoms with Crippen LogP contribution in [0, 0.1) is 17.2 Å². The minimum atomic E-state index is -0.894. The van der Waals surface area contributed by atoms with Gasteiger partial charge in [-0.15, -0.1) is 0 Å². The molecule has 1 aromatic rings. The van der Waals surface area contributed by atoms with Crippen molar-refractivity contribution < 1.29 is 14.7 Å². The number of amides is 2. The Kier molecular flexibility index (Phi) is 6.21. The Morgan fingerprint density at radius 3 is 2.48 bits per heavy atom. The molecule has 1 rings (SSSR count). The fourth-order valence-corrected chi connectivity index (χ4v) is 1.81. The quantitative estimate of drug-likeness (QED) is 0.840. The highest BCUT2D eigenvalue weighted by atomic mass is 16.4. The van der Waals surface area contributed by atoms with E-state index >= 15 is 0 Å². The summed E-state index contributed by atoms with van der Waals surface area (Å²) in [4.78, 5) is 24.2. The fraction of sp³-hybridized carbons (Fsp3) is 0.400. The Bertz CT molecular complexity index is 534. The van der Waals surface area contributed by atoms with Crippen molar-refractivity contribution in [2.75, 3.05) is 18.4 Å². The number of carboxylic acid groups (broad SMARTS) is 1. The summed E-state index contributed by atoms with van der Waals surface area (Å²) >= 11 is 0. The van der Waals surface area contributed by atoms with Gasteiger partial charge in [-0.2, -0.15) is 5.26 Å². The summed E-state index contributed by atoms with van der Waals surface area (Å²) in [5, 5.41) is 20.2. The third kappa shape index (κ3) is 5.53. The smallest absolute Gasteiger partial charge is 0.321 e. The molecular formula is C15H19N3O3. The Morgan fingerprint density at radius 1 is 1.38 bits per heavy atom. The minimum Gasteiger partial charge on any atom is -0.481 e. The molecule has 0 heterocycles. The molecule has 112 valence electrons. The van der Waals surface area contributed by atoms with Gasteiger partial charge in [0.05, 0.1) is 18.4 Å². The lowest BCUT2D eigenvalue weighted by Gasteiger charge is -2.22. The van der Waals surface area contributed by atoms with Gasteiger partial charge in [0.25, 0.3) is 0 Å². The molecule has 1 aromatic carbocycles. The molecule has 0 saturated carbocycles. The maximum Gasteiger partial charge on any atom is 0.321 e. The molecule has 0 fully saturated rings. The first-order valence-corrected chi connectivity index (χ1v) is 6.72. The van der Waals surface area contributed by atoms with Crippen LogP contribution in [0.1, 0.15) is 19.4 Å². The van der Waals surface area contributed by atoms with Crippen molar-refractivity contribution in [3.63, 3.8) is 0 Å². The summed E-state index contributed by atoms with van der Waals surface area (Å²) in [6, 6.07) is 8.48. The summed E-state index contributed by atoms with van der Waals surface area (Å²) < 4.78 is 0. The van der Waals surface area contributed by atoms with Crippen molar-refractivity contribution in [2.45, 2.75) is 20.3 Å². The molecule has 2 amide bonds. The van der Waals surface area contributed by atoms with Gasteiger partial charge >= 0.3 is 12.0 Å². The molecule has 0 aromatic heterocycles. The molecule has 0 spiro atoms. The monoisotopic (exact) mass is 289 g/mol. The average molecular weight is 289 g/mol. The second kappa shape index (κ2) is 7.90. The summed E-state index contributed by atoms with van der Waals surface area (Å²) in [7, 11) is 0. The van der Waals surface area contributed by atoms with E-state index in [1.807, 2.05) is 6.92 Å². The Labute approximate surface area is 124 Å². The molecule has 1 unspecified atom stereocenters. The fourth-order valence-electron chi connectivity index (χ4n) is 1.81. The van der Waals surface area contributed by atoms with Crippen LogP contribution in [0.25, 0.3) is 0 Å². The van der Waals surface area contributed by atoms with Crippen molar-refractivity contribution in [1.82, 2.24) is 4.90 Å². The Hall–Kier alpha value is -2.55. The van der Waals surface area contributed by atoms with Gasteiger partial charge in [-0.1, -0.05) is 12.1 Å². The molecule has 0 saturated heterocycles. The van der Waals surface area contributed by atoms with Crippen LogP contribution in [0.4, 0.5) is 10.5 Å². The van der Waals surface area contributed by atoms with Crippen molar-refractivity contribution >= 4 is 17.7 Å². The number of benzene rings is 1. The van der Waals surface area contributed by atoms with Crippen LogP contribution in [0.15, 0.2) is 24.3 Å². The Morgan fingerprint density at radius 2 is 2.00 bits per heavy atom. The number of carbonyl (C=O) groups excluding carboxylic acids is 1. The average Bonchev–Trinajstić information content (AvgIpc) is 2.45. The molecule has 0 radical (unpaired) electrons. The van der Waals surface area contributed by atoms with E-state index in [0.29, 0.717) is 24.3 Å². The summed E-state index contributed by atoms with van der Waals surface area (Å²) in [6.07, 6.45) is -0.0466. The first-order valence-electron chi connectivity index (χ1n) is 6.72. The zero-order valence-electron chi connectivity index (χ0n) is 12.2. The van der Waals surface area contributed by atoms with Gasteiger partial charge in [-0.25, -0.2) is 4.79 Å². The van der Waals surface area contributed by atoms with Crippen molar-refractivity contribution in [3.05, 3.63) is 29.8 Å². The lowest BCUT2D eigenvalue weighted by Crippen LogP contribution is -2.37. The lowest BCUT2D eigenvalue weighted by molar-refractivity contribution is -0.136. The van der Waals surface area contributed by atoms with E-state index in [9.17, 15) is 9.59 Å². The molecule has 0 bridgehead atoms. The number of hydrogen-bond acceptors (Lipinski definition) is 3. The van der Waals surface area contributed by atoms with Crippen LogP contribution in [0.3, 0.4) is 0 Å². The number of nitriles is 1. The first kappa shape index (κ1) is 16.5. The molecule has 2 N–H and O–H groups in total. The van der Waals surface area contributed by atoms with Gasteiger partial charge < -0.3 is 15.3 Å². The van der Waals surface area contributed by atoms with Crippen LogP contribution in [-0.4, -0.2) is 35.1 Å². The van der Waals surface area contributed by atoms with E-state index in [0.717, 1.165) is 0 Å². The van der Waals surface area contributed by atoms with Gasteiger partial charge in [0, 0.05) is 18.8 Å². The molecule has 0 aliphatic rings. The second-order valence-electron chi connectivity index (χ2n) is 4.77. The maximum atomic E-state index is 12.1. The molecule has 21 heavy (non-hydrogen) atoms. The van der Waals surface area contributed by atoms with Gasteiger partial charge in [-0.3, -0.25) is 4.79 Å². The van der Waals surface area contributed by atoms with E-state index in [1.54, 1.807) is 36.1 Å². The predicted octanol–water partition coefficient (Wildman–Crippen LogP) is 2.33. The van der Waals surface area contributed by atoms with Crippen molar-refractivity contribution in [3.8, 4) is 6.07 Å². The maximum absolute atomic E-state index is 12.1. The van der Waals surface area contributed by atoms with E-state index in [2.05, 4.69) is 11.4 Å². The summed E-state index contributed by atoms with van der Waals surface area (Å²) in [6.45, 7) is 4.49. The third-order valence-corrected chi connectivity index (χ3v) is 2.94. The standard InChI is InChI=1S/C15H19N3O3/c1-3-18(10-11(2)9-16)15(21)17-13-6-4-12(5-7-13)8-14(19)20/h4-7,11H,3,8,10H2,1-2H3,(H,17,21)(H,19,20). The number of urea groups is 1. The molecule has 6 nitrogen and oxygen atoms in total. The number of anilines is 1. The van der Waals surface area contributed by atoms with E-state index in [-0.39, 0.29) is 18.4 Å². The highest BCUT2D eigenvalue weighted by molar-refractivity contribution is 5.89. The Balaban J connectivity index is 2.64. The normalized spacial score (nSPS) is 11.3. The summed E-state index contributed by atoms with van der Waals surface area (Å²) in [5.41, 5.74) is 1.27. The van der Waals surface area contributed by atoms with Gasteiger partial charge in [0.1, 0.15) is 0 Å². The number of nitrogens with one attached hydrogen (secondary N) is 1. The highest BCUT2D eigenvalue weighted by Crippen LogP contribution is 2.11. The summed E-state index contributed by atoms with van der Waals surface area (Å²) in [5.74, 6) is -1.12. The number of nitrogens with zero attached hydrogens (tertiary/aromatic N) is 2. The van der Waals surface area contributed by atoms with Gasteiger partial charge in [-0.05, 0) is 31.5 Å². The highest BCUT2D eigenvalue weighted by Gasteiger charge is 2.14. The molecule has 0 aliphatic carbocycles. The van der Waals surface area contributed by atoms with E-state index in [1.165, 1.54) is 0 Å². The molecular weight excluding hydrogens is 270 g/mol. The topological polar surface area (TPSA) is 93.4 Å². The van der Waals surface area contributed by atoms with E-state index in [4.69, 9.17) is 10.4 Å². The van der Waals surface area contributed by atoms with Crippen molar-refractivity contribution in [2.24, 2.45) is 5.92 Å². The predicted molar refractivity (Wildman–Crippen MR) is 78.8 cm³/mol. The zero-order valence-corrected chi connectivity index (χ0v) is 12.2. The molecule has 0 aliphatic heterocycles. The van der Waals surface area contributed by atoms with Gasteiger partial charge in [0.15, 0.2) is 0 Å². The second-order valence-corrected chi connectivity index (χ2v) is 4.77. The van der Waals surface area contributed by atoms with Crippen LogP contribution in [-0.2, 0) is 11.2 Å². The first-order chi connectivity index (χ1) is 9.96. The number of hydrogen-bond donors (Lipinski definition) is 2.